The third kappa shape index (κ3) is 4.19. The van der Waals surface area contributed by atoms with Gasteiger partial charge in [-0.25, -0.2) is 9.59 Å². The fourth-order valence-corrected chi connectivity index (χ4v) is 1.83. The molecule has 1 aliphatic heterocycles. The van der Waals surface area contributed by atoms with Crippen molar-refractivity contribution < 1.29 is 29.0 Å². The maximum absolute atomic E-state index is 12.1. The monoisotopic (exact) mass is 287 g/mol. The second-order valence-electron chi connectivity index (χ2n) is 6.19. The van der Waals surface area contributed by atoms with Crippen molar-refractivity contribution >= 4 is 18.3 Å². The van der Waals surface area contributed by atoms with E-state index in [1.165, 1.54) is 0 Å². The van der Waals surface area contributed by atoms with Crippen molar-refractivity contribution in [3.63, 3.8) is 0 Å². The highest BCUT2D eigenvalue weighted by molar-refractivity contribution is 5.79. The lowest BCUT2D eigenvalue weighted by molar-refractivity contribution is -0.162. The number of carboxylic acids is 1. The molecule has 0 aliphatic carbocycles. The van der Waals surface area contributed by atoms with Gasteiger partial charge in [-0.2, -0.15) is 0 Å². The highest BCUT2D eigenvalue weighted by atomic mass is 16.6. The summed E-state index contributed by atoms with van der Waals surface area (Å²) in [6.07, 6.45) is -1.18. The number of hydrogen-bond donors (Lipinski definition) is 1. The van der Waals surface area contributed by atoms with E-state index < -0.39 is 29.3 Å². The number of carbonyl (C=O) groups excluding carboxylic acids is 2. The molecule has 0 radical (unpaired) electrons. The van der Waals surface area contributed by atoms with Crippen LogP contribution >= 0.6 is 0 Å². The predicted molar refractivity (Wildman–Crippen MR) is 69.1 cm³/mol. The van der Waals surface area contributed by atoms with Gasteiger partial charge in [0.15, 0.2) is 0 Å². The van der Waals surface area contributed by atoms with E-state index in [0.29, 0.717) is 6.42 Å². The van der Waals surface area contributed by atoms with Crippen LogP contribution in [0.4, 0.5) is 4.79 Å². The minimum Gasteiger partial charge on any atom is -0.478 e. The Bertz CT molecular complexity index is 402. The van der Waals surface area contributed by atoms with Crippen LogP contribution in [0.15, 0.2) is 0 Å². The number of amides is 1. The van der Waals surface area contributed by atoms with Gasteiger partial charge in [0.1, 0.15) is 11.9 Å². The Morgan fingerprint density at radius 2 is 2.05 bits per heavy atom. The van der Waals surface area contributed by atoms with Crippen LogP contribution in [0.3, 0.4) is 0 Å². The van der Waals surface area contributed by atoms with Crippen molar-refractivity contribution in [3.8, 4) is 0 Å². The Hall–Kier alpha value is -1.63. The highest BCUT2D eigenvalue weighted by Crippen LogP contribution is 2.27. The number of ether oxygens (including phenoxy) is 2. The molecular weight excluding hydrogens is 266 g/mol. The van der Waals surface area contributed by atoms with Gasteiger partial charge in [-0.05, 0) is 27.2 Å². The molecule has 1 N–H and O–H groups in total. The molecule has 7 nitrogen and oxygen atoms in total. The van der Waals surface area contributed by atoms with Crippen LogP contribution in [0, 0.1) is 5.41 Å². The van der Waals surface area contributed by atoms with E-state index in [1.807, 2.05) is 0 Å². The van der Waals surface area contributed by atoms with Crippen LogP contribution in [0.25, 0.3) is 0 Å². The van der Waals surface area contributed by atoms with Crippen molar-refractivity contribution in [2.24, 2.45) is 5.41 Å². The topological polar surface area (TPSA) is 93.1 Å². The SMILES string of the molecule is CC1(C=O)CCO[C@H](C(=O)O)N(C(=O)OC(C)(C)C)C1. The lowest BCUT2D eigenvalue weighted by Crippen LogP contribution is -2.50. The first-order valence-corrected chi connectivity index (χ1v) is 6.38. The molecule has 7 heteroatoms. The molecule has 1 unspecified atom stereocenters. The summed E-state index contributed by atoms with van der Waals surface area (Å²) in [5, 5.41) is 9.16. The van der Waals surface area contributed by atoms with E-state index in [1.54, 1.807) is 27.7 Å². The van der Waals surface area contributed by atoms with Crippen LogP contribution in [0.2, 0.25) is 0 Å². The molecule has 1 aliphatic rings. The Morgan fingerprint density at radius 1 is 1.45 bits per heavy atom. The normalized spacial score (nSPS) is 27.6. The lowest BCUT2D eigenvalue weighted by atomic mass is 9.89. The average Bonchev–Trinajstić information content (AvgIpc) is 2.47. The van der Waals surface area contributed by atoms with Crippen LogP contribution in [0.5, 0.6) is 0 Å². The summed E-state index contributed by atoms with van der Waals surface area (Å²) in [5.74, 6) is -1.29. The molecule has 1 amide bonds. The Labute approximate surface area is 117 Å². The molecule has 2 atom stereocenters. The molecule has 0 bridgehead atoms. The zero-order valence-electron chi connectivity index (χ0n) is 12.2. The third-order valence-electron chi connectivity index (χ3n) is 2.89. The average molecular weight is 287 g/mol. The quantitative estimate of drug-likeness (QED) is 0.768. The van der Waals surface area contributed by atoms with Gasteiger partial charge in [0, 0.05) is 12.0 Å². The van der Waals surface area contributed by atoms with Crippen molar-refractivity contribution in [2.45, 2.75) is 45.9 Å². The Balaban J connectivity index is 3.01. The number of hydrogen-bond acceptors (Lipinski definition) is 5. The van der Waals surface area contributed by atoms with E-state index in [4.69, 9.17) is 14.6 Å². The van der Waals surface area contributed by atoms with Gasteiger partial charge in [-0.3, -0.25) is 4.90 Å². The second-order valence-corrected chi connectivity index (χ2v) is 6.19. The lowest BCUT2D eigenvalue weighted by Gasteiger charge is -2.32. The second kappa shape index (κ2) is 5.78. The Morgan fingerprint density at radius 3 is 2.50 bits per heavy atom. The number of nitrogens with zero attached hydrogens (tertiary/aromatic N) is 1. The largest absolute Gasteiger partial charge is 0.478 e. The molecule has 20 heavy (non-hydrogen) atoms. The van der Waals surface area contributed by atoms with E-state index in [9.17, 15) is 14.4 Å². The van der Waals surface area contributed by atoms with Crippen LogP contribution in [0.1, 0.15) is 34.1 Å². The zero-order valence-corrected chi connectivity index (χ0v) is 12.2. The predicted octanol–water partition coefficient (Wildman–Crippen LogP) is 1.26. The summed E-state index contributed by atoms with van der Waals surface area (Å²) in [7, 11) is 0. The van der Waals surface area contributed by atoms with E-state index >= 15 is 0 Å². The summed E-state index contributed by atoms with van der Waals surface area (Å²) in [6.45, 7) is 6.73. The van der Waals surface area contributed by atoms with Crippen molar-refractivity contribution in [2.75, 3.05) is 13.2 Å². The molecule has 114 valence electrons. The van der Waals surface area contributed by atoms with Gasteiger partial charge in [0.25, 0.3) is 0 Å². The van der Waals surface area contributed by atoms with Crippen molar-refractivity contribution in [1.82, 2.24) is 4.90 Å². The summed E-state index contributed by atoms with van der Waals surface area (Å²) in [6, 6.07) is 0. The summed E-state index contributed by atoms with van der Waals surface area (Å²) < 4.78 is 10.4. The van der Waals surface area contributed by atoms with Crippen molar-refractivity contribution in [3.05, 3.63) is 0 Å². The van der Waals surface area contributed by atoms with Crippen molar-refractivity contribution in [1.29, 1.82) is 0 Å². The first kappa shape index (κ1) is 16.4. The fourth-order valence-electron chi connectivity index (χ4n) is 1.83. The minimum atomic E-state index is -1.44. The summed E-state index contributed by atoms with van der Waals surface area (Å²) in [4.78, 5) is 35.5. The number of aldehydes is 1. The third-order valence-corrected chi connectivity index (χ3v) is 2.89. The molecule has 1 rings (SSSR count). The molecule has 1 fully saturated rings. The van der Waals surface area contributed by atoms with E-state index in [-0.39, 0.29) is 13.2 Å². The first-order valence-electron chi connectivity index (χ1n) is 6.38. The number of carbonyl (C=O) groups is 3. The zero-order chi connectivity index (χ0) is 15.6. The van der Waals surface area contributed by atoms with Crippen LogP contribution in [-0.4, -0.2) is 53.3 Å². The minimum absolute atomic E-state index is 0.0532. The van der Waals surface area contributed by atoms with E-state index in [0.717, 1.165) is 11.2 Å². The number of carboxylic acid groups (broad SMARTS) is 1. The van der Waals surface area contributed by atoms with Crippen LogP contribution < -0.4 is 0 Å². The molecule has 0 saturated carbocycles. The molecule has 0 aromatic heterocycles. The standard InChI is InChI=1S/C13H21NO6/c1-12(2,3)20-11(18)14-7-13(4,8-15)5-6-19-9(14)10(16)17/h8-9H,5-7H2,1-4H3,(H,16,17)/t9-,13?/m1/s1. The maximum atomic E-state index is 12.1. The van der Waals surface area contributed by atoms with E-state index in [2.05, 4.69) is 0 Å². The highest BCUT2D eigenvalue weighted by Gasteiger charge is 2.41. The fraction of sp³-hybridized carbons (Fsp3) is 0.769. The van der Waals surface area contributed by atoms with Gasteiger partial charge in [-0.15, -0.1) is 0 Å². The first-order chi connectivity index (χ1) is 9.08. The smallest absolute Gasteiger partial charge is 0.412 e. The van der Waals surface area contributed by atoms with Gasteiger partial charge in [0.2, 0.25) is 6.23 Å². The summed E-state index contributed by atoms with van der Waals surface area (Å²) in [5.41, 5.74) is -1.61. The van der Waals surface area contributed by atoms with Gasteiger partial charge in [0.05, 0.1) is 6.61 Å². The molecule has 1 saturated heterocycles. The molecule has 0 spiro atoms. The van der Waals surface area contributed by atoms with Gasteiger partial charge >= 0.3 is 12.1 Å². The molecule has 0 aromatic rings. The molecule has 1 heterocycles. The number of aliphatic carboxylic acids is 1. The van der Waals surface area contributed by atoms with Gasteiger partial charge in [-0.1, -0.05) is 6.92 Å². The molecule has 0 aromatic carbocycles. The van der Waals surface area contributed by atoms with Gasteiger partial charge < -0.3 is 19.4 Å². The molecular formula is C13H21NO6. The summed E-state index contributed by atoms with van der Waals surface area (Å²) >= 11 is 0. The Kier molecular flexibility index (Phi) is 4.75. The van der Waals surface area contributed by atoms with Crippen LogP contribution in [-0.2, 0) is 19.1 Å². The maximum Gasteiger partial charge on any atom is 0.412 e. The number of rotatable bonds is 2.